The first-order valence-electron chi connectivity index (χ1n) is 6.92. The number of carbonyl (C=O) groups is 2. The van der Waals surface area contributed by atoms with Gasteiger partial charge in [-0.3, -0.25) is 14.5 Å². The molecule has 0 bridgehead atoms. The maximum atomic E-state index is 12.1. The van der Waals surface area contributed by atoms with Gasteiger partial charge in [0.1, 0.15) is 12.1 Å². The van der Waals surface area contributed by atoms with Crippen LogP contribution in [0.3, 0.4) is 0 Å². The predicted octanol–water partition coefficient (Wildman–Crippen LogP) is 0.588. The van der Waals surface area contributed by atoms with Crippen LogP contribution in [0.2, 0.25) is 0 Å². The molecule has 0 spiro atoms. The van der Waals surface area contributed by atoms with E-state index in [9.17, 15) is 9.59 Å². The number of nitrogens with zero attached hydrogens (tertiary/aromatic N) is 2. The van der Waals surface area contributed by atoms with Crippen molar-refractivity contribution < 1.29 is 9.59 Å². The molecular weight excluding hydrogens is 274 g/mol. The number of carbonyl (C=O) groups excluding carboxylic acids is 2. The lowest BCUT2D eigenvalue weighted by Crippen LogP contribution is -2.68. The monoisotopic (exact) mass is 293 g/mol. The van der Waals surface area contributed by atoms with Crippen molar-refractivity contribution >= 4 is 23.2 Å². The predicted molar refractivity (Wildman–Crippen MR) is 77.4 cm³/mol. The molecule has 2 amide bonds. The first-order chi connectivity index (χ1) is 9.56. The number of nitrogens with one attached hydrogen (secondary N) is 1. The van der Waals surface area contributed by atoms with Crippen LogP contribution < -0.4 is 5.32 Å². The highest BCUT2D eigenvalue weighted by atomic mass is 32.1. The molecule has 1 aromatic rings. The first-order valence-corrected chi connectivity index (χ1v) is 7.80. The fraction of sp³-hybridized carbons (Fsp3) is 0.571. The Morgan fingerprint density at radius 3 is 2.90 bits per heavy atom. The third kappa shape index (κ3) is 2.33. The number of hydrogen-bond donors (Lipinski definition) is 1. The molecular formula is C14H19N3O2S. The number of piperazine rings is 2. The zero-order valence-electron chi connectivity index (χ0n) is 11.8. The molecule has 3 rings (SSSR count). The molecule has 0 radical (unpaired) electrons. The topological polar surface area (TPSA) is 52.6 Å². The number of thiophene rings is 1. The summed E-state index contributed by atoms with van der Waals surface area (Å²) in [5.41, 5.74) is 1.30. The second-order valence-electron chi connectivity index (χ2n) is 5.54. The summed E-state index contributed by atoms with van der Waals surface area (Å²) in [6.07, 6.45) is 0. The van der Waals surface area contributed by atoms with Gasteiger partial charge in [-0.25, -0.2) is 0 Å². The third-order valence-corrected chi connectivity index (χ3v) is 5.12. The summed E-state index contributed by atoms with van der Waals surface area (Å²) in [6.45, 7) is 6.83. The zero-order chi connectivity index (χ0) is 14.3. The van der Waals surface area contributed by atoms with Crippen LogP contribution >= 0.6 is 11.3 Å². The van der Waals surface area contributed by atoms with Crippen molar-refractivity contribution in [3.63, 3.8) is 0 Å². The lowest BCUT2D eigenvalue weighted by Gasteiger charge is -2.44. The molecule has 2 fully saturated rings. The van der Waals surface area contributed by atoms with Gasteiger partial charge in [0.05, 0.1) is 0 Å². The number of amides is 2. The van der Waals surface area contributed by atoms with Gasteiger partial charge in [0.15, 0.2) is 0 Å². The Bertz CT molecular complexity index is 542. The molecule has 108 valence electrons. The van der Waals surface area contributed by atoms with Crippen LogP contribution in [0.1, 0.15) is 17.4 Å². The fourth-order valence-electron chi connectivity index (χ4n) is 2.86. The summed E-state index contributed by atoms with van der Waals surface area (Å²) in [6, 6.07) is 1.41. The van der Waals surface area contributed by atoms with Gasteiger partial charge in [-0.2, -0.15) is 0 Å². The summed E-state index contributed by atoms with van der Waals surface area (Å²) < 4.78 is 0. The Morgan fingerprint density at radius 2 is 2.20 bits per heavy atom. The van der Waals surface area contributed by atoms with Gasteiger partial charge in [0.25, 0.3) is 0 Å². The number of hydrogen-bond acceptors (Lipinski definition) is 4. The summed E-state index contributed by atoms with van der Waals surface area (Å²) >= 11 is 1.75. The SMILES string of the molecule is Cc1ccsc1CN1CCN2C(=O)[C@@H](C)NC(=O)[C@H]2C1. The normalized spacial score (nSPS) is 27.4. The fourth-order valence-corrected chi connectivity index (χ4v) is 3.81. The number of rotatable bonds is 2. The van der Waals surface area contributed by atoms with Crippen LogP contribution in [0.4, 0.5) is 0 Å². The lowest BCUT2D eigenvalue weighted by atomic mass is 10.0. The van der Waals surface area contributed by atoms with Crippen LogP contribution in [-0.4, -0.2) is 53.3 Å². The van der Waals surface area contributed by atoms with E-state index in [0.717, 1.165) is 13.1 Å². The van der Waals surface area contributed by atoms with Crippen molar-refractivity contribution in [2.24, 2.45) is 0 Å². The maximum Gasteiger partial charge on any atom is 0.245 e. The van der Waals surface area contributed by atoms with Crippen molar-refractivity contribution in [1.29, 1.82) is 0 Å². The van der Waals surface area contributed by atoms with E-state index in [1.807, 2.05) is 0 Å². The Labute approximate surface area is 122 Å². The second kappa shape index (κ2) is 5.18. The molecule has 2 atom stereocenters. The van der Waals surface area contributed by atoms with Gasteiger partial charge >= 0.3 is 0 Å². The van der Waals surface area contributed by atoms with Gasteiger partial charge < -0.3 is 10.2 Å². The number of fused-ring (bicyclic) bond motifs is 1. The highest BCUT2D eigenvalue weighted by Crippen LogP contribution is 2.21. The molecule has 0 unspecified atom stereocenters. The largest absolute Gasteiger partial charge is 0.343 e. The van der Waals surface area contributed by atoms with Gasteiger partial charge in [-0.1, -0.05) is 0 Å². The Hall–Kier alpha value is -1.40. The molecule has 1 N–H and O–H groups in total. The van der Waals surface area contributed by atoms with Crippen LogP contribution in [-0.2, 0) is 16.1 Å². The standard InChI is InChI=1S/C14H19N3O2S/c1-9-3-6-20-12(9)8-16-4-5-17-11(7-16)13(18)15-10(2)14(17)19/h3,6,10-11H,4-5,7-8H2,1-2H3,(H,15,18)/t10-,11-/m1/s1. The van der Waals surface area contributed by atoms with Crippen molar-refractivity contribution in [3.8, 4) is 0 Å². The van der Waals surface area contributed by atoms with E-state index in [2.05, 4.69) is 28.6 Å². The quantitative estimate of drug-likeness (QED) is 0.868. The van der Waals surface area contributed by atoms with Crippen LogP contribution in [0.15, 0.2) is 11.4 Å². The van der Waals surface area contributed by atoms with Crippen molar-refractivity contribution in [3.05, 3.63) is 21.9 Å². The number of aryl methyl sites for hydroxylation is 1. The molecule has 2 aliphatic rings. The molecule has 1 aromatic heterocycles. The third-order valence-electron chi connectivity index (χ3n) is 4.11. The van der Waals surface area contributed by atoms with Gasteiger partial charge in [-0.15, -0.1) is 11.3 Å². The summed E-state index contributed by atoms with van der Waals surface area (Å²) in [7, 11) is 0. The second-order valence-corrected chi connectivity index (χ2v) is 6.54. The van der Waals surface area contributed by atoms with Crippen molar-refractivity contribution in [2.75, 3.05) is 19.6 Å². The van der Waals surface area contributed by atoms with Gasteiger partial charge in [0, 0.05) is 31.1 Å². The van der Waals surface area contributed by atoms with E-state index in [0.29, 0.717) is 13.1 Å². The van der Waals surface area contributed by atoms with Crippen LogP contribution in [0.25, 0.3) is 0 Å². The minimum Gasteiger partial charge on any atom is -0.343 e. The highest BCUT2D eigenvalue weighted by Gasteiger charge is 2.41. The minimum absolute atomic E-state index is 0.0234. The molecule has 2 saturated heterocycles. The first kappa shape index (κ1) is 13.6. The van der Waals surface area contributed by atoms with E-state index in [4.69, 9.17) is 0 Å². The summed E-state index contributed by atoms with van der Waals surface area (Å²) in [5, 5.41) is 4.86. The van der Waals surface area contributed by atoms with Crippen LogP contribution in [0.5, 0.6) is 0 Å². The molecule has 6 heteroatoms. The average molecular weight is 293 g/mol. The van der Waals surface area contributed by atoms with E-state index >= 15 is 0 Å². The zero-order valence-corrected chi connectivity index (χ0v) is 12.6. The Kier molecular flexibility index (Phi) is 3.52. The summed E-state index contributed by atoms with van der Waals surface area (Å²) in [4.78, 5) is 29.5. The molecule has 5 nitrogen and oxygen atoms in total. The van der Waals surface area contributed by atoms with Gasteiger partial charge in [0.2, 0.25) is 11.8 Å². The van der Waals surface area contributed by atoms with E-state index in [1.54, 1.807) is 23.2 Å². The van der Waals surface area contributed by atoms with E-state index < -0.39 is 0 Å². The smallest absolute Gasteiger partial charge is 0.245 e. The summed E-state index contributed by atoms with van der Waals surface area (Å²) in [5.74, 6) is 0.0197. The molecule has 0 saturated carbocycles. The molecule has 0 aromatic carbocycles. The maximum absolute atomic E-state index is 12.1. The Morgan fingerprint density at radius 1 is 1.40 bits per heavy atom. The Balaban J connectivity index is 1.70. The molecule has 20 heavy (non-hydrogen) atoms. The highest BCUT2D eigenvalue weighted by molar-refractivity contribution is 7.10. The molecule has 2 aliphatic heterocycles. The van der Waals surface area contributed by atoms with Gasteiger partial charge in [-0.05, 0) is 30.9 Å². The van der Waals surface area contributed by atoms with Crippen molar-refractivity contribution in [1.82, 2.24) is 15.1 Å². The average Bonchev–Trinajstić information content (AvgIpc) is 2.82. The van der Waals surface area contributed by atoms with E-state index in [1.165, 1.54) is 10.4 Å². The molecule has 3 heterocycles. The molecule has 0 aliphatic carbocycles. The lowest BCUT2D eigenvalue weighted by molar-refractivity contribution is -0.152. The minimum atomic E-state index is -0.384. The van der Waals surface area contributed by atoms with E-state index in [-0.39, 0.29) is 23.9 Å². The van der Waals surface area contributed by atoms with Crippen LogP contribution in [0, 0.1) is 6.92 Å². The van der Waals surface area contributed by atoms with Crippen molar-refractivity contribution in [2.45, 2.75) is 32.5 Å².